The van der Waals surface area contributed by atoms with Crippen LogP contribution in [0.4, 0.5) is 0 Å². The zero-order valence-electron chi connectivity index (χ0n) is 11.9. The van der Waals surface area contributed by atoms with E-state index in [-0.39, 0.29) is 0 Å². The van der Waals surface area contributed by atoms with Crippen LogP contribution in [0.2, 0.25) is 0 Å². The summed E-state index contributed by atoms with van der Waals surface area (Å²) in [6, 6.07) is 16.3. The Morgan fingerprint density at radius 1 is 1.05 bits per heavy atom. The average Bonchev–Trinajstić information content (AvgIpc) is 2.53. The third-order valence-corrected chi connectivity index (χ3v) is 3.20. The number of carboxylic acid groups (broad SMARTS) is 1. The van der Waals surface area contributed by atoms with Crippen LogP contribution in [0.3, 0.4) is 0 Å². The van der Waals surface area contributed by atoms with Crippen molar-refractivity contribution >= 4 is 5.97 Å². The van der Waals surface area contributed by atoms with Crippen LogP contribution in [0.5, 0.6) is 5.75 Å². The molecule has 0 radical (unpaired) electrons. The number of benzene rings is 2. The third kappa shape index (κ3) is 4.58. The van der Waals surface area contributed by atoms with Crippen LogP contribution in [-0.2, 0) is 11.4 Å². The standard InChI is InChI=1S/C17H18O5/c18-15(10-16(19)20)17(21)13-7-4-8-14(9-13)22-11-12-5-2-1-3-6-12/h1-9,15,17-18,21H,10-11H2,(H,19,20). The van der Waals surface area contributed by atoms with E-state index in [0.29, 0.717) is 17.9 Å². The van der Waals surface area contributed by atoms with E-state index in [1.165, 1.54) is 0 Å². The van der Waals surface area contributed by atoms with Crippen LogP contribution in [-0.4, -0.2) is 27.4 Å². The second-order valence-corrected chi connectivity index (χ2v) is 4.96. The van der Waals surface area contributed by atoms with E-state index in [1.807, 2.05) is 30.3 Å². The maximum absolute atomic E-state index is 10.6. The van der Waals surface area contributed by atoms with Gasteiger partial charge in [0, 0.05) is 0 Å². The molecule has 5 heteroatoms. The SMILES string of the molecule is O=C(O)CC(O)C(O)c1cccc(OCc2ccccc2)c1. The van der Waals surface area contributed by atoms with Crippen molar-refractivity contribution in [3.05, 3.63) is 65.7 Å². The van der Waals surface area contributed by atoms with Crippen LogP contribution in [0.15, 0.2) is 54.6 Å². The molecular weight excluding hydrogens is 284 g/mol. The molecule has 3 N–H and O–H groups in total. The molecule has 0 saturated carbocycles. The first-order valence-electron chi connectivity index (χ1n) is 6.91. The van der Waals surface area contributed by atoms with Gasteiger partial charge < -0.3 is 20.1 Å². The molecule has 0 aromatic heterocycles. The molecule has 0 aliphatic rings. The molecule has 2 rings (SSSR count). The highest BCUT2D eigenvalue weighted by atomic mass is 16.5. The summed E-state index contributed by atoms with van der Waals surface area (Å²) in [5.74, 6) is -0.619. The highest BCUT2D eigenvalue weighted by molar-refractivity contribution is 5.67. The van der Waals surface area contributed by atoms with E-state index in [1.54, 1.807) is 24.3 Å². The van der Waals surface area contributed by atoms with Gasteiger partial charge in [-0.2, -0.15) is 0 Å². The van der Waals surface area contributed by atoms with Gasteiger partial charge in [0.15, 0.2) is 0 Å². The van der Waals surface area contributed by atoms with E-state index in [4.69, 9.17) is 9.84 Å². The molecule has 0 saturated heterocycles. The predicted octanol–water partition coefficient (Wildman–Crippen LogP) is 2.13. The quantitative estimate of drug-likeness (QED) is 0.729. The van der Waals surface area contributed by atoms with Crippen molar-refractivity contribution < 1.29 is 24.9 Å². The molecular formula is C17H18O5. The fraction of sp³-hybridized carbons (Fsp3) is 0.235. The summed E-state index contributed by atoms with van der Waals surface area (Å²) in [6.45, 7) is 0.387. The fourth-order valence-corrected chi connectivity index (χ4v) is 2.04. The Hall–Kier alpha value is -2.37. The minimum atomic E-state index is -1.36. The molecule has 0 aliphatic heterocycles. The molecule has 0 spiro atoms. The normalized spacial score (nSPS) is 13.4. The van der Waals surface area contributed by atoms with Crippen molar-refractivity contribution in [1.29, 1.82) is 0 Å². The highest BCUT2D eigenvalue weighted by Crippen LogP contribution is 2.23. The van der Waals surface area contributed by atoms with Crippen molar-refractivity contribution in [3.8, 4) is 5.75 Å². The second kappa shape index (κ2) is 7.59. The first-order valence-corrected chi connectivity index (χ1v) is 6.91. The number of hydrogen-bond donors (Lipinski definition) is 3. The Kier molecular flexibility index (Phi) is 5.52. The van der Waals surface area contributed by atoms with Gasteiger partial charge in [-0.25, -0.2) is 0 Å². The average molecular weight is 302 g/mol. The lowest BCUT2D eigenvalue weighted by Crippen LogP contribution is -2.21. The Morgan fingerprint density at radius 3 is 2.45 bits per heavy atom. The zero-order chi connectivity index (χ0) is 15.9. The number of ether oxygens (including phenoxy) is 1. The van der Waals surface area contributed by atoms with Crippen molar-refractivity contribution in [2.75, 3.05) is 0 Å². The van der Waals surface area contributed by atoms with E-state index >= 15 is 0 Å². The molecule has 2 atom stereocenters. The van der Waals surface area contributed by atoms with Gasteiger partial charge in [0.1, 0.15) is 18.5 Å². The van der Waals surface area contributed by atoms with Crippen LogP contribution < -0.4 is 4.74 Å². The van der Waals surface area contributed by atoms with Crippen molar-refractivity contribution in [2.24, 2.45) is 0 Å². The van der Waals surface area contributed by atoms with E-state index in [2.05, 4.69) is 0 Å². The van der Waals surface area contributed by atoms with Gasteiger partial charge in [-0.05, 0) is 23.3 Å². The van der Waals surface area contributed by atoms with E-state index in [0.717, 1.165) is 5.56 Å². The van der Waals surface area contributed by atoms with Gasteiger partial charge in [0.25, 0.3) is 0 Å². The summed E-state index contributed by atoms with van der Waals surface area (Å²) in [4.78, 5) is 10.6. The van der Waals surface area contributed by atoms with Crippen LogP contribution >= 0.6 is 0 Å². The summed E-state index contributed by atoms with van der Waals surface area (Å²) in [6.07, 6.45) is -3.14. The number of carboxylic acids is 1. The molecule has 0 bridgehead atoms. The summed E-state index contributed by atoms with van der Waals surface area (Å²) >= 11 is 0. The largest absolute Gasteiger partial charge is 0.489 e. The van der Waals surface area contributed by atoms with Crippen LogP contribution in [0.25, 0.3) is 0 Å². The number of aliphatic hydroxyl groups excluding tert-OH is 2. The minimum absolute atomic E-state index is 0.387. The smallest absolute Gasteiger partial charge is 0.306 e. The fourth-order valence-electron chi connectivity index (χ4n) is 2.04. The lowest BCUT2D eigenvalue weighted by atomic mass is 10.0. The molecule has 22 heavy (non-hydrogen) atoms. The maximum Gasteiger partial charge on any atom is 0.306 e. The number of aliphatic hydroxyl groups is 2. The molecule has 2 aromatic carbocycles. The topological polar surface area (TPSA) is 87.0 Å². The minimum Gasteiger partial charge on any atom is -0.489 e. The molecule has 0 aliphatic carbocycles. The molecule has 0 amide bonds. The van der Waals surface area contributed by atoms with Gasteiger partial charge in [-0.15, -0.1) is 0 Å². The van der Waals surface area contributed by atoms with E-state index < -0.39 is 24.6 Å². The Bertz CT molecular complexity index is 611. The molecule has 116 valence electrons. The number of aliphatic carboxylic acids is 1. The van der Waals surface area contributed by atoms with Gasteiger partial charge in [-0.1, -0.05) is 42.5 Å². The van der Waals surface area contributed by atoms with Crippen LogP contribution in [0, 0.1) is 0 Å². The number of carbonyl (C=O) groups is 1. The summed E-state index contributed by atoms with van der Waals surface area (Å²) in [5, 5.41) is 28.3. The number of hydrogen-bond acceptors (Lipinski definition) is 4. The number of rotatable bonds is 7. The molecule has 5 nitrogen and oxygen atoms in total. The first kappa shape index (κ1) is 16.0. The lowest BCUT2D eigenvalue weighted by Gasteiger charge is -2.17. The molecule has 2 aromatic rings. The summed E-state index contributed by atoms with van der Waals surface area (Å²) in [7, 11) is 0. The van der Waals surface area contributed by atoms with Crippen LogP contribution in [0.1, 0.15) is 23.7 Å². The van der Waals surface area contributed by atoms with Crippen molar-refractivity contribution in [1.82, 2.24) is 0 Å². The van der Waals surface area contributed by atoms with Gasteiger partial charge in [0.05, 0.1) is 12.5 Å². The molecule has 2 unspecified atom stereocenters. The van der Waals surface area contributed by atoms with Crippen molar-refractivity contribution in [3.63, 3.8) is 0 Å². The third-order valence-electron chi connectivity index (χ3n) is 3.20. The monoisotopic (exact) mass is 302 g/mol. The Morgan fingerprint density at radius 2 is 1.77 bits per heavy atom. The zero-order valence-corrected chi connectivity index (χ0v) is 11.9. The highest BCUT2D eigenvalue weighted by Gasteiger charge is 2.21. The predicted molar refractivity (Wildman–Crippen MR) is 80.4 cm³/mol. The Labute approximate surface area is 128 Å². The molecule has 0 fully saturated rings. The summed E-state index contributed by atoms with van der Waals surface area (Å²) in [5.41, 5.74) is 1.43. The van der Waals surface area contributed by atoms with Gasteiger partial charge in [-0.3, -0.25) is 4.79 Å². The lowest BCUT2D eigenvalue weighted by molar-refractivity contribution is -0.141. The van der Waals surface area contributed by atoms with Gasteiger partial charge >= 0.3 is 5.97 Å². The van der Waals surface area contributed by atoms with Gasteiger partial charge in [0.2, 0.25) is 0 Å². The summed E-state index contributed by atoms with van der Waals surface area (Å²) < 4.78 is 5.63. The second-order valence-electron chi connectivity index (χ2n) is 4.96. The maximum atomic E-state index is 10.6. The first-order chi connectivity index (χ1) is 10.6. The molecule has 0 heterocycles. The Balaban J connectivity index is 2.01. The van der Waals surface area contributed by atoms with E-state index in [9.17, 15) is 15.0 Å². The van der Waals surface area contributed by atoms with Crippen molar-refractivity contribution in [2.45, 2.75) is 25.2 Å².